The Balaban J connectivity index is 1.96. The van der Waals surface area contributed by atoms with Crippen molar-refractivity contribution in [2.45, 2.75) is 19.9 Å². The summed E-state index contributed by atoms with van der Waals surface area (Å²) in [5.41, 5.74) is 7.57. The summed E-state index contributed by atoms with van der Waals surface area (Å²) in [6, 6.07) is 9.38. The molecule has 0 saturated carbocycles. The fourth-order valence-corrected chi connectivity index (χ4v) is 1.84. The van der Waals surface area contributed by atoms with Crippen LogP contribution >= 0.6 is 0 Å². The topological polar surface area (TPSA) is 81.2 Å². The van der Waals surface area contributed by atoms with Gasteiger partial charge in [-0.25, -0.2) is 4.98 Å². The number of nitrogens with one attached hydrogen (secondary N) is 1. The minimum atomic E-state index is -0.288. The number of aryl methyl sites for hydroxylation is 2. The molecule has 1 amide bonds. The summed E-state index contributed by atoms with van der Waals surface area (Å²) >= 11 is 0. The van der Waals surface area contributed by atoms with E-state index in [9.17, 15) is 4.79 Å². The van der Waals surface area contributed by atoms with Gasteiger partial charge >= 0.3 is 0 Å². The van der Waals surface area contributed by atoms with Gasteiger partial charge in [-0.3, -0.25) is 4.79 Å². The molecule has 0 fully saturated rings. The summed E-state index contributed by atoms with van der Waals surface area (Å²) in [6.07, 6.45) is 0. The second-order valence-electron chi connectivity index (χ2n) is 4.37. The van der Waals surface area contributed by atoms with Crippen LogP contribution in [0, 0.1) is 13.8 Å². The summed E-state index contributed by atoms with van der Waals surface area (Å²) < 4.78 is 5.25. The Kier molecular flexibility index (Phi) is 3.97. The molecule has 5 nitrogen and oxygen atoms in total. The van der Waals surface area contributed by atoms with Gasteiger partial charge in [0, 0.05) is 19.5 Å². The summed E-state index contributed by atoms with van der Waals surface area (Å²) in [4.78, 5) is 16.0. The molecular weight excluding hydrogens is 242 g/mol. The zero-order chi connectivity index (χ0) is 13.8. The Hall–Kier alpha value is -2.14. The molecule has 1 atom stereocenters. The van der Waals surface area contributed by atoms with Crippen molar-refractivity contribution in [3.05, 3.63) is 53.2 Å². The fourth-order valence-electron chi connectivity index (χ4n) is 1.84. The summed E-state index contributed by atoms with van der Waals surface area (Å²) in [7, 11) is 0. The number of nitrogens with two attached hydrogens (primary N) is 1. The van der Waals surface area contributed by atoms with Gasteiger partial charge in [-0.1, -0.05) is 30.3 Å². The highest BCUT2D eigenvalue weighted by Crippen LogP contribution is 2.11. The maximum Gasteiger partial charge on any atom is 0.289 e. The molecule has 1 aromatic carbocycles. The lowest BCUT2D eigenvalue weighted by Gasteiger charge is -2.12. The van der Waals surface area contributed by atoms with Crippen LogP contribution < -0.4 is 11.1 Å². The first-order chi connectivity index (χ1) is 9.08. The molecule has 0 aliphatic carbocycles. The minimum Gasteiger partial charge on any atom is -0.436 e. The summed E-state index contributed by atoms with van der Waals surface area (Å²) in [5.74, 6) is 0.442. The van der Waals surface area contributed by atoms with E-state index >= 15 is 0 Å². The van der Waals surface area contributed by atoms with Crippen LogP contribution in [0.5, 0.6) is 0 Å². The third kappa shape index (κ3) is 3.20. The van der Waals surface area contributed by atoms with E-state index in [-0.39, 0.29) is 17.7 Å². The standard InChI is InChI=1S/C14H17N3O2/c1-9-13(19-10(2)17-9)14(18)16-8-12(15)11-6-4-3-5-7-11/h3-7,12H,8,15H2,1-2H3,(H,16,18). The predicted molar refractivity (Wildman–Crippen MR) is 71.7 cm³/mol. The van der Waals surface area contributed by atoms with Crippen LogP contribution in [0.1, 0.15) is 33.7 Å². The van der Waals surface area contributed by atoms with Crippen molar-refractivity contribution >= 4 is 5.91 Å². The molecule has 0 aliphatic rings. The van der Waals surface area contributed by atoms with Crippen LogP contribution in [0.3, 0.4) is 0 Å². The Labute approximate surface area is 111 Å². The first kappa shape index (κ1) is 13.3. The molecule has 2 aromatic rings. The van der Waals surface area contributed by atoms with E-state index in [0.717, 1.165) is 5.56 Å². The van der Waals surface area contributed by atoms with E-state index < -0.39 is 0 Å². The predicted octanol–water partition coefficient (Wildman–Crippen LogP) is 1.72. The van der Waals surface area contributed by atoms with E-state index in [1.807, 2.05) is 30.3 Å². The molecule has 0 bridgehead atoms. The molecule has 0 saturated heterocycles. The molecule has 19 heavy (non-hydrogen) atoms. The molecule has 1 aromatic heterocycles. The average Bonchev–Trinajstić information content (AvgIpc) is 2.75. The second-order valence-corrected chi connectivity index (χ2v) is 4.37. The normalized spacial score (nSPS) is 12.2. The number of carbonyl (C=O) groups is 1. The Morgan fingerprint density at radius 2 is 2.05 bits per heavy atom. The molecule has 2 rings (SSSR count). The molecule has 1 heterocycles. The largest absolute Gasteiger partial charge is 0.436 e. The van der Waals surface area contributed by atoms with Crippen LogP contribution in [0.15, 0.2) is 34.7 Å². The van der Waals surface area contributed by atoms with E-state index in [0.29, 0.717) is 18.1 Å². The first-order valence-corrected chi connectivity index (χ1v) is 6.10. The average molecular weight is 259 g/mol. The maximum atomic E-state index is 11.9. The Morgan fingerprint density at radius 3 is 2.63 bits per heavy atom. The van der Waals surface area contributed by atoms with Crippen LogP contribution in [-0.2, 0) is 0 Å². The highest BCUT2D eigenvalue weighted by molar-refractivity contribution is 5.92. The highest BCUT2D eigenvalue weighted by Gasteiger charge is 2.16. The monoisotopic (exact) mass is 259 g/mol. The lowest BCUT2D eigenvalue weighted by Crippen LogP contribution is -2.32. The number of carbonyl (C=O) groups excluding carboxylic acids is 1. The molecule has 100 valence electrons. The van der Waals surface area contributed by atoms with Crippen molar-refractivity contribution in [1.29, 1.82) is 0 Å². The summed E-state index contributed by atoms with van der Waals surface area (Å²) in [5, 5.41) is 2.75. The Morgan fingerprint density at radius 1 is 1.37 bits per heavy atom. The molecule has 0 aliphatic heterocycles. The smallest absolute Gasteiger partial charge is 0.289 e. The third-order valence-electron chi connectivity index (χ3n) is 2.82. The van der Waals surface area contributed by atoms with Gasteiger partial charge in [0.15, 0.2) is 5.89 Å². The number of rotatable bonds is 4. The van der Waals surface area contributed by atoms with Crippen LogP contribution in [0.2, 0.25) is 0 Å². The molecule has 0 radical (unpaired) electrons. The van der Waals surface area contributed by atoms with Crippen LogP contribution in [0.4, 0.5) is 0 Å². The van der Waals surface area contributed by atoms with Gasteiger partial charge in [0.1, 0.15) is 0 Å². The third-order valence-corrected chi connectivity index (χ3v) is 2.82. The summed E-state index contributed by atoms with van der Waals surface area (Å²) in [6.45, 7) is 3.80. The lowest BCUT2D eigenvalue weighted by atomic mass is 10.1. The SMILES string of the molecule is Cc1nc(C)c(C(=O)NCC(N)c2ccccc2)o1. The van der Waals surface area contributed by atoms with Crippen LogP contribution in [0.25, 0.3) is 0 Å². The molecule has 0 spiro atoms. The van der Waals surface area contributed by atoms with Crippen LogP contribution in [-0.4, -0.2) is 17.4 Å². The molecule has 3 N–H and O–H groups in total. The zero-order valence-corrected chi connectivity index (χ0v) is 11.0. The molecule has 5 heteroatoms. The fraction of sp³-hybridized carbons (Fsp3) is 0.286. The van der Waals surface area contributed by atoms with Crippen molar-refractivity contribution in [3.8, 4) is 0 Å². The van der Waals surface area contributed by atoms with Crippen molar-refractivity contribution < 1.29 is 9.21 Å². The first-order valence-electron chi connectivity index (χ1n) is 6.10. The van der Waals surface area contributed by atoms with Gasteiger partial charge in [-0.15, -0.1) is 0 Å². The molecular formula is C14H17N3O2. The number of benzene rings is 1. The van der Waals surface area contributed by atoms with E-state index in [1.54, 1.807) is 13.8 Å². The van der Waals surface area contributed by atoms with E-state index in [4.69, 9.17) is 10.2 Å². The van der Waals surface area contributed by atoms with Crippen molar-refractivity contribution in [2.75, 3.05) is 6.54 Å². The van der Waals surface area contributed by atoms with E-state index in [2.05, 4.69) is 10.3 Å². The van der Waals surface area contributed by atoms with Crippen molar-refractivity contribution in [1.82, 2.24) is 10.3 Å². The quantitative estimate of drug-likeness (QED) is 0.876. The zero-order valence-electron chi connectivity index (χ0n) is 11.0. The highest BCUT2D eigenvalue weighted by atomic mass is 16.4. The number of nitrogens with zero attached hydrogens (tertiary/aromatic N) is 1. The lowest BCUT2D eigenvalue weighted by molar-refractivity contribution is 0.0921. The maximum absolute atomic E-state index is 11.9. The van der Waals surface area contributed by atoms with Gasteiger partial charge in [0.05, 0.1) is 5.69 Å². The van der Waals surface area contributed by atoms with Crippen molar-refractivity contribution in [2.24, 2.45) is 5.73 Å². The van der Waals surface area contributed by atoms with Gasteiger partial charge in [-0.05, 0) is 12.5 Å². The van der Waals surface area contributed by atoms with Crippen molar-refractivity contribution in [3.63, 3.8) is 0 Å². The van der Waals surface area contributed by atoms with Gasteiger partial charge in [0.25, 0.3) is 5.91 Å². The number of hydrogen-bond acceptors (Lipinski definition) is 4. The number of aromatic nitrogens is 1. The Bertz CT molecular complexity index is 563. The number of oxazole rings is 1. The molecule has 1 unspecified atom stereocenters. The number of hydrogen-bond donors (Lipinski definition) is 2. The van der Waals surface area contributed by atoms with Gasteiger partial charge in [-0.2, -0.15) is 0 Å². The van der Waals surface area contributed by atoms with Gasteiger partial charge < -0.3 is 15.5 Å². The number of amides is 1. The second kappa shape index (κ2) is 5.67. The van der Waals surface area contributed by atoms with Gasteiger partial charge in [0.2, 0.25) is 5.76 Å². The van der Waals surface area contributed by atoms with E-state index in [1.165, 1.54) is 0 Å². The minimum absolute atomic E-state index is 0.241.